The van der Waals surface area contributed by atoms with E-state index >= 15 is 0 Å². The minimum Gasteiger partial charge on any atom is -0.493 e. The average molecular weight is 426 g/mol. The zero-order chi connectivity index (χ0) is 22.5. The summed E-state index contributed by atoms with van der Waals surface area (Å²) >= 11 is 0. The highest BCUT2D eigenvalue weighted by molar-refractivity contribution is 6.01. The van der Waals surface area contributed by atoms with Gasteiger partial charge in [-0.15, -0.1) is 0 Å². The number of hydrogen-bond donors (Lipinski definition) is 0. The van der Waals surface area contributed by atoms with Crippen molar-refractivity contribution in [1.82, 2.24) is 0 Å². The minimum absolute atomic E-state index is 0.421. The third-order valence-corrected chi connectivity index (χ3v) is 4.77. The van der Waals surface area contributed by atoms with Crippen LogP contribution in [0.3, 0.4) is 0 Å². The maximum Gasteiger partial charge on any atom is 0.125 e. The van der Waals surface area contributed by atoms with Crippen molar-refractivity contribution >= 4 is 5.71 Å². The fraction of sp³-hybridized carbons (Fsp3) is 0.423. The number of hydrogen-bond acceptors (Lipinski definition) is 5. The maximum absolute atomic E-state index is 6.03. The monoisotopic (exact) mass is 425 g/mol. The molecular formula is C26H35NO4. The van der Waals surface area contributed by atoms with E-state index in [1.165, 1.54) is 5.56 Å². The molecule has 0 N–H and O–H groups in total. The molecule has 0 aliphatic carbocycles. The van der Waals surface area contributed by atoms with Crippen molar-refractivity contribution in [3.05, 3.63) is 70.8 Å². The van der Waals surface area contributed by atoms with Gasteiger partial charge in [0, 0.05) is 12.2 Å². The lowest BCUT2D eigenvalue weighted by atomic mass is 10.1. The van der Waals surface area contributed by atoms with Crippen molar-refractivity contribution in [3.8, 4) is 11.5 Å². The van der Waals surface area contributed by atoms with Crippen LogP contribution in [-0.4, -0.2) is 39.2 Å². The zero-order valence-corrected chi connectivity index (χ0v) is 19.4. The first-order valence-electron chi connectivity index (χ1n) is 10.8. The molecule has 0 heterocycles. The Balaban J connectivity index is 1.72. The Morgan fingerprint density at radius 2 is 1.61 bits per heavy atom. The van der Waals surface area contributed by atoms with Gasteiger partial charge >= 0.3 is 0 Å². The summed E-state index contributed by atoms with van der Waals surface area (Å²) in [6, 6.07) is 12.2. The zero-order valence-electron chi connectivity index (χ0n) is 19.4. The molecular weight excluding hydrogens is 390 g/mol. The van der Waals surface area contributed by atoms with E-state index in [1.54, 1.807) is 7.11 Å². The van der Waals surface area contributed by atoms with Gasteiger partial charge < -0.3 is 19.0 Å². The second-order valence-corrected chi connectivity index (χ2v) is 7.46. The van der Waals surface area contributed by atoms with Crippen LogP contribution < -0.4 is 9.47 Å². The molecule has 2 aromatic carbocycles. The summed E-state index contributed by atoms with van der Waals surface area (Å²) in [6.07, 6.45) is 5.80. The van der Waals surface area contributed by atoms with Crippen LogP contribution in [0, 0.1) is 20.8 Å². The van der Waals surface area contributed by atoms with Crippen molar-refractivity contribution in [2.45, 2.75) is 40.5 Å². The van der Waals surface area contributed by atoms with Gasteiger partial charge in [-0.3, -0.25) is 0 Å². The molecule has 31 heavy (non-hydrogen) atoms. The topological polar surface area (TPSA) is 49.3 Å². The number of ether oxygens (including phenoxy) is 3. The van der Waals surface area contributed by atoms with Gasteiger partial charge in [0.2, 0.25) is 0 Å². The molecule has 0 amide bonds. The number of rotatable bonds is 13. The van der Waals surface area contributed by atoms with Crippen molar-refractivity contribution in [2.24, 2.45) is 5.16 Å². The summed E-state index contributed by atoms with van der Waals surface area (Å²) in [5, 5.41) is 4.10. The van der Waals surface area contributed by atoms with Crippen molar-refractivity contribution < 1.29 is 19.0 Å². The summed E-state index contributed by atoms with van der Waals surface area (Å²) < 4.78 is 17.6. The molecule has 0 aliphatic rings. The molecule has 0 saturated heterocycles. The van der Waals surface area contributed by atoms with E-state index in [-0.39, 0.29) is 0 Å². The first kappa shape index (κ1) is 24.5. The molecule has 0 radical (unpaired) electrons. The third kappa shape index (κ3) is 8.46. The Morgan fingerprint density at radius 1 is 0.935 bits per heavy atom. The molecule has 168 valence electrons. The van der Waals surface area contributed by atoms with E-state index < -0.39 is 0 Å². The van der Waals surface area contributed by atoms with Crippen LogP contribution in [0.5, 0.6) is 11.5 Å². The molecule has 5 heteroatoms. The second-order valence-electron chi connectivity index (χ2n) is 7.46. The molecule has 0 unspecified atom stereocenters. The van der Waals surface area contributed by atoms with Gasteiger partial charge in [0.15, 0.2) is 0 Å². The Bertz CT molecular complexity index is 833. The molecule has 0 aliphatic heterocycles. The fourth-order valence-electron chi connectivity index (χ4n) is 3.13. The highest BCUT2D eigenvalue weighted by Gasteiger charge is 2.08. The Morgan fingerprint density at radius 3 is 2.26 bits per heavy atom. The van der Waals surface area contributed by atoms with Gasteiger partial charge in [-0.05, 0) is 63.8 Å². The molecule has 0 spiro atoms. The molecule has 2 rings (SSSR count). The minimum atomic E-state index is 0.421. The van der Waals surface area contributed by atoms with Crippen molar-refractivity contribution in [3.63, 3.8) is 0 Å². The van der Waals surface area contributed by atoms with E-state index in [1.807, 2.05) is 43.3 Å². The predicted octanol–water partition coefficient (Wildman–Crippen LogP) is 5.79. The van der Waals surface area contributed by atoms with Crippen LogP contribution in [0.2, 0.25) is 0 Å². The van der Waals surface area contributed by atoms with Crippen molar-refractivity contribution in [2.75, 3.05) is 33.5 Å². The average Bonchev–Trinajstić information content (AvgIpc) is 2.74. The Hall–Kier alpha value is -2.79. The highest BCUT2D eigenvalue weighted by atomic mass is 16.6. The largest absolute Gasteiger partial charge is 0.493 e. The van der Waals surface area contributed by atoms with Crippen LogP contribution in [0.15, 0.2) is 53.7 Å². The molecule has 0 fully saturated rings. The van der Waals surface area contributed by atoms with Gasteiger partial charge in [0.1, 0.15) is 30.9 Å². The van der Waals surface area contributed by atoms with Gasteiger partial charge in [0.05, 0.1) is 13.2 Å². The van der Waals surface area contributed by atoms with Gasteiger partial charge in [-0.2, -0.15) is 0 Å². The SMILES string of the molecule is C/C=C/COc1cc(C)c(OCCCCOC/C(=N/OC)c2ccc(C)cc2)c(C)c1. The van der Waals surface area contributed by atoms with E-state index in [0.717, 1.165) is 46.7 Å². The molecule has 0 saturated carbocycles. The molecule has 0 bridgehead atoms. The lowest BCUT2D eigenvalue weighted by Gasteiger charge is -2.14. The third-order valence-electron chi connectivity index (χ3n) is 4.77. The maximum atomic E-state index is 6.03. The summed E-state index contributed by atoms with van der Waals surface area (Å²) in [5.41, 5.74) is 5.19. The highest BCUT2D eigenvalue weighted by Crippen LogP contribution is 2.28. The molecule has 2 aromatic rings. The number of allylic oxidation sites excluding steroid dienone is 1. The van der Waals surface area contributed by atoms with E-state index in [0.29, 0.717) is 26.4 Å². The van der Waals surface area contributed by atoms with Crippen LogP contribution in [-0.2, 0) is 9.57 Å². The van der Waals surface area contributed by atoms with Gasteiger partial charge in [-0.25, -0.2) is 0 Å². The quantitative estimate of drug-likeness (QED) is 0.176. The van der Waals surface area contributed by atoms with Crippen LogP contribution in [0.1, 0.15) is 42.0 Å². The molecule has 0 aromatic heterocycles. The van der Waals surface area contributed by atoms with Gasteiger partial charge in [-0.1, -0.05) is 47.1 Å². The number of benzene rings is 2. The van der Waals surface area contributed by atoms with Crippen LogP contribution in [0.25, 0.3) is 0 Å². The number of unbranched alkanes of at least 4 members (excludes halogenated alkanes) is 1. The lowest BCUT2D eigenvalue weighted by Crippen LogP contribution is -2.12. The first-order valence-corrected chi connectivity index (χ1v) is 10.8. The molecule has 5 nitrogen and oxygen atoms in total. The van der Waals surface area contributed by atoms with E-state index in [2.05, 4.69) is 38.1 Å². The number of nitrogens with zero attached hydrogens (tertiary/aromatic N) is 1. The normalized spacial score (nSPS) is 11.7. The summed E-state index contributed by atoms with van der Waals surface area (Å²) in [4.78, 5) is 4.97. The van der Waals surface area contributed by atoms with Crippen LogP contribution in [0.4, 0.5) is 0 Å². The standard InChI is InChI=1S/C26H35NO4/c1-6-7-15-30-24-17-21(3)26(22(4)18-24)31-16-9-8-14-29-19-25(27-28-5)23-12-10-20(2)11-13-23/h6-7,10-13,17-18H,8-9,14-16,19H2,1-5H3/b7-6+,27-25-. The number of oxime groups is 1. The predicted molar refractivity (Wildman–Crippen MR) is 126 cm³/mol. The number of aryl methyl sites for hydroxylation is 3. The molecule has 0 atom stereocenters. The van der Waals surface area contributed by atoms with E-state index in [4.69, 9.17) is 19.0 Å². The Labute approximate surface area is 186 Å². The fourth-order valence-corrected chi connectivity index (χ4v) is 3.13. The smallest absolute Gasteiger partial charge is 0.125 e. The van der Waals surface area contributed by atoms with E-state index in [9.17, 15) is 0 Å². The summed E-state index contributed by atoms with van der Waals surface area (Å²) in [7, 11) is 1.55. The second kappa shape index (κ2) is 13.5. The first-order chi connectivity index (χ1) is 15.0. The summed E-state index contributed by atoms with van der Waals surface area (Å²) in [5.74, 6) is 1.81. The summed E-state index contributed by atoms with van der Waals surface area (Å²) in [6.45, 7) is 10.4. The van der Waals surface area contributed by atoms with Crippen LogP contribution >= 0.6 is 0 Å². The Kier molecular flexibility index (Phi) is 10.7. The van der Waals surface area contributed by atoms with Gasteiger partial charge in [0.25, 0.3) is 0 Å². The van der Waals surface area contributed by atoms with Crippen molar-refractivity contribution in [1.29, 1.82) is 0 Å². The lowest BCUT2D eigenvalue weighted by molar-refractivity contribution is 0.154.